The summed E-state index contributed by atoms with van der Waals surface area (Å²) in [5.41, 5.74) is 0. The van der Waals surface area contributed by atoms with Gasteiger partial charge in [-0.2, -0.15) is 0 Å². The molecular weight excluding hydrogens is 222 g/mol. The summed E-state index contributed by atoms with van der Waals surface area (Å²) in [6, 6.07) is 0.920. The molecule has 4 unspecified atom stereocenters. The van der Waals surface area contributed by atoms with Crippen molar-refractivity contribution in [2.75, 3.05) is 19.1 Å². The molecular formula is C12H25NO2S. The van der Waals surface area contributed by atoms with E-state index in [4.69, 9.17) is 4.74 Å². The zero-order valence-electron chi connectivity index (χ0n) is 10.7. The number of nitrogens with one attached hydrogen (secondary N) is 1. The molecule has 1 saturated carbocycles. The molecule has 1 fully saturated rings. The van der Waals surface area contributed by atoms with Gasteiger partial charge < -0.3 is 10.1 Å². The lowest BCUT2D eigenvalue weighted by Crippen LogP contribution is -2.47. The highest BCUT2D eigenvalue weighted by atomic mass is 32.2. The van der Waals surface area contributed by atoms with Gasteiger partial charge in [-0.15, -0.1) is 0 Å². The predicted octanol–water partition coefficient (Wildman–Crippen LogP) is 1.69. The lowest BCUT2D eigenvalue weighted by molar-refractivity contribution is 0.0383. The van der Waals surface area contributed by atoms with Gasteiger partial charge in [-0.3, -0.25) is 4.21 Å². The summed E-state index contributed by atoms with van der Waals surface area (Å²) in [7, 11) is 1.13. The smallest absolute Gasteiger partial charge is 0.0724 e. The van der Waals surface area contributed by atoms with Crippen LogP contribution in [0.25, 0.3) is 0 Å². The fourth-order valence-electron chi connectivity index (χ4n) is 2.36. The predicted molar refractivity (Wildman–Crippen MR) is 69.2 cm³/mol. The van der Waals surface area contributed by atoms with Crippen molar-refractivity contribution in [3.8, 4) is 0 Å². The Kier molecular flexibility index (Phi) is 6.54. The number of rotatable bonds is 6. The highest BCUT2D eigenvalue weighted by Gasteiger charge is 2.25. The Bertz CT molecular complexity index is 223. The average Bonchev–Trinajstić information content (AvgIpc) is 2.27. The van der Waals surface area contributed by atoms with E-state index in [1.54, 1.807) is 13.4 Å². The van der Waals surface area contributed by atoms with E-state index in [-0.39, 0.29) is 0 Å². The average molecular weight is 247 g/mol. The third-order valence-electron chi connectivity index (χ3n) is 3.34. The van der Waals surface area contributed by atoms with Crippen molar-refractivity contribution in [2.45, 2.75) is 57.2 Å². The van der Waals surface area contributed by atoms with E-state index >= 15 is 0 Å². The number of methoxy groups -OCH3 is 1. The minimum Gasteiger partial charge on any atom is -0.380 e. The molecule has 4 atom stereocenters. The Morgan fingerprint density at radius 1 is 1.44 bits per heavy atom. The summed E-state index contributed by atoms with van der Waals surface area (Å²) < 4.78 is 16.5. The zero-order chi connectivity index (χ0) is 12.0. The van der Waals surface area contributed by atoms with Crippen LogP contribution in [0.15, 0.2) is 0 Å². The molecule has 0 aromatic carbocycles. The summed E-state index contributed by atoms with van der Waals surface area (Å²) in [5, 5.41) is 3.62. The molecule has 1 N–H and O–H groups in total. The zero-order valence-corrected chi connectivity index (χ0v) is 11.5. The molecule has 96 valence electrons. The minimum absolute atomic E-state index is 0.364. The van der Waals surface area contributed by atoms with Crippen molar-refractivity contribution in [1.29, 1.82) is 0 Å². The summed E-state index contributed by atoms with van der Waals surface area (Å²) in [5.74, 6) is 0.790. The molecule has 1 aliphatic carbocycles. The Morgan fingerprint density at radius 3 is 2.75 bits per heavy atom. The van der Waals surface area contributed by atoms with Gasteiger partial charge in [0.1, 0.15) is 0 Å². The van der Waals surface area contributed by atoms with Gasteiger partial charge in [-0.1, -0.05) is 12.8 Å². The fourth-order valence-corrected chi connectivity index (χ4v) is 3.05. The molecule has 0 aromatic heterocycles. The highest BCUT2D eigenvalue weighted by Crippen LogP contribution is 2.21. The van der Waals surface area contributed by atoms with Gasteiger partial charge >= 0.3 is 0 Å². The van der Waals surface area contributed by atoms with Crippen LogP contribution in [0.4, 0.5) is 0 Å². The third kappa shape index (κ3) is 4.93. The van der Waals surface area contributed by atoms with Crippen LogP contribution < -0.4 is 5.32 Å². The number of hydrogen-bond acceptors (Lipinski definition) is 3. The largest absolute Gasteiger partial charge is 0.380 e. The topological polar surface area (TPSA) is 38.3 Å². The molecule has 0 heterocycles. The van der Waals surface area contributed by atoms with Crippen LogP contribution in [-0.4, -0.2) is 41.5 Å². The van der Waals surface area contributed by atoms with Crippen molar-refractivity contribution < 1.29 is 8.95 Å². The van der Waals surface area contributed by atoms with E-state index < -0.39 is 10.8 Å². The Labute approximate surface area is 102 Å². The van der Waals surface area contributed by atoms with Crippen LogP contribution >= 0.6 is 0 Å². The third-order valence-corrected chi connectivity index (χ3v) is 4.15. The molecule has 1 rings (SSSR count). The molecule has 0 amide bonds. The maximum Gasteiger partial charge on any atom is 0.0724 e. The van der Waals surface area contributed by atoms with Gasteiger partial charge in [0.2, 0.25) is 0 Å². The normalized spacial score (nSPS) is 29.9. The first kappa shape index (κ1) is 14.1. The van der Waals surface area contributed by atoms with Crippen LogP contribution in [0.1, 0.15) is 39.0 Å². The van der Waals surface area contributed by atoms with Gasteiger partial charge in [-0.25, -0.2) is 0 Å². The van der Waals surface area contributed by atoms with Crippen LogP contribution in [0.3, 0.4) is 0 Å². The summed E-state index contributed by atoms with van der Waals surface area (Å²) in [6.07, 6.45) is 8.07. The van der Waals surface area contributed by atoms with Crippen LogP contribution in [0, 0.1) is 0 Å². The first-order valence-corrected chi connectivity index (χ1v) is 7.95. The molecule has 16 heavy (non-hydrogen) atoms. The van der Waals surface area contributed by atoms with Crippen molar-refractivity contribution in [3.63, 3.8) is 0 Å². The van der Waals surface area contributed by atoms with E-state index in [0.717, 1.165) is 12.2 Å². The van der Waals surface area contributed by atoms with Crippen molar-refractivity contribution in [1.82, 2.24) is 5.32 Å². The van der Waals surface area contributed by atoms with Crippen LogP contribution in [0.5, 0.6) is 0 Å². The van der Waals surface area contributed by atoms with E-state index in [2.05, 4.69) is 12.2 Å². The molecule has 4 heteroatoms. The van der Waals surface area contributed by atoms with Crippen molar-refractivity contribution >= 4 is 10.8 Å². The standard InChI is InChI=1S/C12H25NO2S/c1-10(8-9-16(3)14)13-11-6-4-5-7-12(11)15-2/h10-13H,4-9H2,1-3H3. The van der Waals surface area contributed by atoms with Gasteiger partial charge in [-0.05, 0) is 26.2 Å². The molecule has 1 aliphatic rings. The Balaban J connectivity index is 2.30. The number of ether oxygens (including phenoxy) is 1. The van der Waals surface area contributed by atoms with E-state index in [0.29, 0.717) is 18.2 Å². The van der Waals surface area contributed by atoms with Gasteiger partial charge in [0.25, 0.3) is 0 Å². The van der Waals surface area contributed by atoms with E-state index in [1.165, 1.54) is 25.7 Å². The first-order chi connectivity index (χ1) is 7.63. The molecule has 3 nitrogen and oxygen atoms in total. The molecule has 0 aliphatic heterocycles. The molecule has 0 bridgehead atoms. The molecule has 0 aromatic rings. The Hall–Kier alpha value is 0.0700. The summed E-state index contributed by atoms with van der Waals surface area (Å²) in [6.45, 7) is 2.17. The highest BCUT2D eigenvalue weighted by molar-refractivity contribution is 7.84. The van der Waals surface area contributed by atoms with E-state index in [1.807, 2.05) is 0 Å². The van der Waals surface area contributed by atoms with Crippen molar-refractivity contribution in [3.05, 3.63) is 0 Å². The maximum absolute atomic E-state index is 11.0. The minimum atomic E-state index is -0.674. The number of hydrogen-bond donors (Lipinski definition) is 1. The summed E-state index contributed by atoms with van der Waals surface area (Å²) >= 11 is 0. The first-order valence-electron chi connectivity index (χ1n) is 6.22. The van der Waals surface area contributed by atoms with E-state index in [9.17, 15) is 4.21 Å². The lowest BCUT2D eigenvalue weighted by atomic mass is 9.92. The molecule has 0 radical (unpaired) electrons. The van der Waals surface area contributed by atoms with Crippen LogP contribution in [-0.2, 0) is 15.5 Å². The Morgan fingerprint density at radius 2 is 2.12 bits per heavy atom. The van der Waals surface area contributed by atoms with Gasteiger partial charge in [0, 0.05) is 42.0 Å². The molecule has 0 saturated heterocycles. The molecule has 0 spiro atoms. The van der Waals surface area contributed by atoms with Crippen LogP contribution in [0.2, 0.25) is 0 Å². The SMILES string of the molecule is COC1CCCCC1NC(C)CCS(C)=O. The van der Waals surface area contributed by atoms with Gasteiger partial charge in [0.15, 0.2) is 0 Å². The lowest BCUT2D eigenvalue weighted by Gasteiger charge is -2.33. The monoisotopic (exact) mass is 247 g/mol. The fraction of sp³-hybridized carbons (Fsp3) is 1.00. The second kappa shape index (κ2) is 7.41. The summed E-state index contributed by atoms with van der Waals surface area (Å²) in [4.78, 5) is 0. The quantitative estimate of drug-likeness (QED) is 0.776. The van der Waals surface area contributed by atoms with Crippen molar-refractivity contribution in [2.24, 2.45) is 0 Å². The maximum atomic E-state index is 11.0. The second-order valence-corrected chi connectivity index (χ2v) is 6.35. The second-order valence-electron chi connectivity index (χ2n) is 4.80. The van der Waals surface area contributed by atoms with Gasteiger partial charge in [0.05, 0.1) is 6.10 Å².